The molecule has 0 aliphatic heterocycles. The van der Waals surface area contributed by atoms with Gasteiger partial charge in [0.05, 0.1) is 6.54 Å². The summed E-state index contributed by atoms with van der Waals surface area (Å²) in [6.45, 7) is 1.01. The molecular weight excluding hydrogens is 283 g/mol. The molecule has 0 saturated heterocycles. The summed E-state index contributed by atoms with van der Waals surface area (Å²) < 4.78 is 19.1. The van der Waals surface area contributed by atoms with Crippen molar-refractivity contribution in [3.63, 3.8) is 0 Å². The molecule has 0 atom stereocenters. The highest BCUT2D eigenvalue weighted by Crippen LogP contribution is 2.16. The summed E-state index contributed by atoms with van der Waals surface area (Å²) in [4.78, 5) is 10.6. The van der Waals surface area contributed by atoms with Gasteiger partial charge >= 0.3 is 0 Å². The number of carbonyl (C=O) groups excluding carboxylic acids is 1. The molecule has 0 unspecified atom stereocenters. The van der Waals surface area contributed by atoms with E-state index in [0.29, 0.717) is 17.9 Å². The van der Waals surface area contributed by atoms with E-state index in [1.54, 1.807) is 18.2 Å². The standard InChI is InChI=1S/C17H19FN2O2/c18-16-7-2-1-5-14(16)12-22-15-6-3-4-13(10-15)8-9-20-11-17(19)21/h1-7,10,20H,8-9,11-12H2,(H2,19,21). The summed E-state index contributed by atoms with van der Waals surface area (Å²) in [6, 6.07) is 14.2. The first-order valence-electron chi connectivity index (χ1n) is 7.09. The number of amides is 1. The van der Waals surface area contributed by atoms with Gasteiger partial charge in [-0.2, -0.15) is 0 Å². The second-order valence-electron chi connectivity index (χ2n) is 4.92. The maximum absolute atomic E-state index is 13.5. The predicted molar refractivity (Wildman–Crippen MR) is 82.9 cm³/mol. The number of nitrogens with one attached hydrogen (secondary N) is 1. The number of nitrogens with two attached hydrogens (primary N) is 1. The van der Waals surface area contributed by atoms with Crippen molar-refractivity contribution in [2.45, 2.75) is 13.0 Å². The van der Waals surface area contributed by atoms with Crippen molar-refractivity contribution in [2.24, 2.45) is 5.73 Å². The fourth-order valence-electron chi connectivity index (χ4n) is 2.01. The van der Waals surface area contributed by atoms with Gasteiger partial charge in [-0.25, -0.2) is 4.39 Å². The molecule has 0 aromatic heterocycles. The van der Waals surface area contributed by atoms with Crippen LogP contribution in [0.2, 0.25) is 0 Å². The molecule has 0 fully saturated rings. The monoisotopic (exact) mass is 302 g/mol. The molecule has 0 spiro atoms. The number of rotatable bonds is 8. The van der Waals surface area contributed by atoms with Gasteiger partial charge in [0.15, 0.2) is 0 Å². The first kappa shape index (κ1) is 16.0. The average molecular weight is 302 g/mol. The van der Waals surface area contributed by atoms with Crippen LogP contribution in [0.5, 0.6) is 5.75 Å². The Balaban J connectivity index is 1.86. The van der Waals surface area contributed by atoms with Gasteiger partial charge in [0.25, 0.3) is 0 Å². The topological polar surface area (TPSA) is 64.4 Å². The van der Waals surface area contributed by atoms with E-state index in [-0.39, 0.29) is 24.9 Å². The van der Waals surface area contributed by atoms with Crippen molar-refractivity contribution in [2.75, 3.05) is 13.1 Å². The van der Waals surface area contributed by atoms with Crippen molar-refractivity contribution in [1.29, 1.82) is 0 Å². The zero-order valence-electron chi connectivity index (χ0n) is 12.2. The zero-order valence-corrected chi connectivity index (χ0v) is 12.2. The van der Waals surface area contributed by atoms with Gasteiger partial charge in [-0.1, -0.05) is 30.3 Å². The molecular formula is C17H19FN2O2. The summed E-state index contributed by atoms with van der Waals surface area (Å²) in [7, 11) is 0. The molecule has 0 aliphatic rings. The average Bonchev–Trinajstić information content (AvgIpc) is 2.51. The van der Waals surface area contributed by atoms with Crippen LogP contribution in [0.1, 0.15) is 11.1 Å². The van der Waals surface area contributed by atoms with E-state index in [9.17, 15) is 9.18 Å². The summed E-state index contributed by atoms with van der Waals surface area (Å²) in [6.07, 6.45) is 0.754. The normalized spacial score (nSPS) is 10.4. The van der Waals surface area contributed by atoms with Gasteiger partial charge < -0.3 is 15.8 Å². The largest absolute Gasteiger partial charge is 0.489 e. The second-order valence-corrected chi connectivity index (χ2v) is 4.92. The molecule has 0 aliphatic carbocycles. The molecule has 5 heteroatoms. The highest BCUT2D eigenvalue weighted by atomic mass is 19.1. The second kappa shape index (κ2) is 8.14. The zero-order chi connectivity index (χ0) is 15.8. The van der Waals surface area contributed by atoms with Crippen molar-refractivity contribution in [3.05, 3.63) is 65.5 Å². The quantitative estimate of drug-likeness (QED) is 0.733. The van der Waals surface area contributed by atoms with Gasteiger partial charge in [-0.3, -0.25) is 4.79 Å². The fraction of sp³-hybridized carbons (Fsp3) is 0.235. The van der Waals surface area contributed by atoms with Crippen LogP contribution >= 0.6 is 0 Å². The van der Waals surface area contributed by atoms with Crippen molar-refractivity contribution >= 4 is 5.91 Å². The highest BCUT2D eigenvalue weighted by Gasteiger charge is 2.03. The van der Waals surface area contributed by atoms with Crippen molar-refractivity contribution in [3.8, 4) is 5.75 Å². The van der Waals surface area contributed by atoms with Crippen LogP contribution in [-0.2, 0) is 17.8 Å². The summed E-state index contributed by atoms with van der Waals surface area (Å²) in [5.41, 5.74) is 6.65. The Hall–Kier alpha value is -2.40. The van der Waals surface area contributed by atoms with Gasteiger partial charge in [0, 0.05) is 5.56 Å². The number of benzene rings is 2. The van der Waals surface area contributed by atoms with E-state index in [2.05, 4.69) is 5.32 Å². The minimum absolute atomic E-state index is 0.170. The molecule has 0 bridgehead atoms. The maximum atomic E-state index is 13.5. The van der Waals surface area contributed by atoms with E-state index >= 15 is 0 Å². The SMILES string of the molecule is NC(=O)CNCCc1cccc(OCc2ccccc2F)c1. The minimum Gasteiger partial charge on any atom is -0.489 e. The third-order valence-electron chi connectivity index (χ3n) is 3.14. The molecule has 3 N–H and O–H groups in total. The Kier molecular flexibility index (Phi) is 5.91. The summed E-state index contributed by atoms with van der Waals surface area (Å²) in [5, 5.41) is 2.95. The number of hydrogen-bond donors (Lipinski definition) is 2. The number of hydrogen-bond acceptors (Lipinski definition) is 3. The Morgan fingerprint density at radius 2 is 2.00 bits per heavy atom. The van der Waals surface area contributed by atoms with E-state index in [4.69, 9.17) is 10.5 Å². The lowest BCUT2D eigenvalue weighted by molar-refractivity contribution is -0.117. The fourth-order valence-corrected chi connectivity index (χ4v) is 2.01. The van der Waals surface area contributed by atoms with Crippen LogP contribution < -0.4 is 15.8 Å². The summed E-state index contributed by atoms with van der Waals surface area (Å²) >= 11 is 0. The Bertz CT molecular complexity index is 632. The molecule has 4 nitrogen and oxygen atoms in total. The molecule has 1 amide bonds. The van der Waals surface area contributed by atoms with Gasteiger partial charge in [0.2, 0.25) is 5.91 Å². The van der Waals surface area contributed by atoms with Crippen LogP contribution in [0.3, 0.4) is 0 Å². The number of carbonyl (C=O) groups is 1. The predicted octanol–water partition coefficient (Wildman–Crippen LogP) is 2.02. The van der Waals surface area contributed by atoms with Crippen LogP contribution in [0.4, 0.5) is 4.39 Å². The van der Waals surface area contributed by atoms with Crippen molar-refractivity contribution < 1.29 is 13.9 Å². The molecule has 2 rings (SSSR count). The Labute approximate surface area is 129 Å². The van der Waals surface area contributed by atoms with Gasteiger partial charge in [-0.15, -0.1) is 0 Å². The molecule has 0 heterocycles. The number of ether oxygens (including phenoxy) is 1. The lowest BCUT2D eigenvalue weighted by Crippen LogP contribution is -2.29. The van der Waals surface area contributed by atoms with Gasteiger partial charge in [-0.05, 0) is 36.7 Å². The maximum Gasteiger partial charge on any atom is 0.231 e. The smallest absolute Gasteiger partial charge is 0.231 e. The van der Waals surface area contributed by atoms with Crippen LogP contribution in [0.25, 0.3) is 0 Å². The number of halogens is 1. The summed E-state index contributed by atoms with van der Waals surface area (Å²) in [5.74, 6) is 0.0481. The van der Waals surface area contributed by atoms with E-state index in [0.717, 1.165) is 12.0 Å². The molecule has 2 aromatic carbocycles. The number of primary amides is 1. The lowest BCUT2D eigenvalue weighted by Gasteiger charge is -2.09. The highest BCUT2D eigenvalue weighted by molar-refractivity contribution is 5.75. The third kappa shape index (κ3) is 5.18. The first-order chi connectivity index (χ1) is 10.6. The molecule has 2 aromatic rings. The van der Waals surface area contributed by atoms with Crippen molar-refractivity contribution in [1.82, 2.24) is 5.32 Å². The van der Waals surface area contributed by atoms with E-state index in [1.165, 1.54) is 6.07 Å². The van der Waals surface area contributed by atoms with Crippen LogP contribution in [0.15, 0.2) is 48.5 Å². The first-order valence-corrected chi connectivity index (χ1v) is 7.09. The molecule has 0 saturated carbocycles. The third-order valence-corrected chi connectivity index (χ3v) is 3.14. The van der Waals surface area contributed by atoms with Crippen LogP contribution in [0, 0.1) is 5.82 Å². The molecule has 0 radical (unpaired) electrons. The van der Waals surface area contributed by atoms with Gasteiger partial charge in [0.1, 0.15) is 18.2 Å². The minimum atomic E-state index is -0.373. The van der Waals surface area contributed by atoms with Crippen LogP contribution in [-0.4, -0.2) is 19.0 Å². The molecule has 22 heavy (non-hydrogen) atoms. The van der Waals surface area contributed by atoms with E-state index < -0.39 is 0 Å². The Morgan fingerprint density at radius 1 is 1.18 bits per heavy atom. The van der Waals surface area contributed by atoms with E-state index in [1.807, 2.05) is 24.3 Å². The lowest BCUT2D eigenvalue weighted by atomic mass is 10.1. The Morgan fingerprint density at radius 3 is 2.77 bits per heavy atom. The molecule has 116 valence electrons.